The van der Waals surface area contributed by atoms with Gasteiger partial charge in [0.05, 0.1) is 0 Å². The molecule has 1 amide bonds. The molecule has 1 aromatic heterocycles. The van der Waals surface area contributed by atoms with E-state index in [4.69, 9.17) is 9.47 Å². The second-order valence-corrected chi connectivity index (χ2v) is 8.42. The molecule has 2 heterocycles. The second kappa shape index (κ2) is 10.3. The average Bonchev–Trinajstić information content (AvgIpc) is 3.47. The Kier molecular flexibility index (Phi) is 6.57. The van der Waals surface area contributed by atoms with E-state index in [0.29, 0.717) is 12.8 Å². The first-order valence-corrected chi connectivity index (χ1v) is 11.5. The smallest absolute Gasteiger partial charge is 0.408 e. The number of ether oxygens (including phenoxy) is 2. The summed E-state index contributed by atoms with van der Waals surface area (Å²) in [6, 6.07) is 25.7. The van der Waals surface area contributed by atoms with Crippen LogP contribution in [-0.2, 0) is 33.7 Å². The van der Waals surface area contributed by atoms with Gasteiger partial charge in [-0.3, -0.25) is 0 Å². The molecule has 1 aliphatic heterocycles. The fourth-order valence-corrected chi connectivity index (χ4v) is 4.16. The van der Waals surface area contributed by atoms with Crippen molar-refractivity contribution < 1.29 is 19.1 Å². The van der Waals surface area contributed by atoms with Crippen LogP contribution in [-0.4, -0.2) is 35.0 Å². The van der Waals surface area contributed by atoms with Crippen molar-refractivity contribution in [3.05, 3.63) is 108 Å². The maximum absolute atomic E-state index is 12.7. The van der Waals surface area contributed by atoms with Gasteiger partial charge in [0, 0.05) is 29.9 Å². The average molecular weight is 468 g/mol. The van der Waals surface area contributed by atoms with Crippen LogP contribution in [0.15, 0.2) is 96.1 Å². The van der Waals surface area contributed by atoms with E-state index in [1.54, 1.807) is 0 Å². The summed E-state index contributed by atoms with van der Waals surface area (Å²) < 4.78 is 11.0. The number of nitrogens with one attached hydrogen (secondary N) is 2. The minimum atomic E-state index is -0.676. The molecule has 5 rings (SSSR count). The summed E-state index contributed by atoms with van der Waals surface area (Å²) in [5.41, 5.74) is 3.84. The number of para-hydroxylation sites is 1. The highest BCUT2D eigenvalue weighted by Gasteiger charge is 2.35. The zero-order chi connectivity index (χ0) is 24.0. The highest BCUT2D eigenvalue weighted by Crippen LogP contribution is 2.23. The number of aliphatic imine (C=N–C) groups is 1. The topological polar surface area (TPSA) is 92.8 Å². The Morgan fingerprint density at radius 1 is 0.971 bits per heavy atom. The highest BCUT2D eigenvalue weighted by molar-refractivity contribution is 6.01. The molecule has 1 aliphatic rings. The Morgan fingerprint density at radius 3 is 2.43 bits per heavy atom. The van der Waals surface area contributed by atoms with Crippen molar-refractivity contribution in [3.8, 4) is 0 Å². The number of cyclic esters (lactones) is 1. The number of hydrogen-bond acceptors (Lipinski definition) is 5. The molecule has 2 unspecified atom stereocenters. The van der Waals surface area contributed by atoms with Gasteiger partial charge in [-0.2, -0.15) is 0 Å². The SMILES string of the molecule is O=C(NC(Cc1ccccc1)C1=NC(Cc2c[nH]c3ccccc23)C(=O)O1)OCc1ccccc1. The Labute approximate surface area is 202 Å². The zero-order valence-corrected chi connectivity index (χ0v) is 19.0. The minimum Gasteiger partial charge on any atom is -0.445 e. The van der Waals surface area contributed by atoms with Gasteiger partial charge in [-0.15, -0.1) is 0 Å². The van der Waals surface area contributed by atoms with Gasteiger partial charge in [0.25, 0.3) is 0 Å². The third-order valence-corrected chi connectivity index (χ3v) is 5.93. The molecule has 0 bridgehead atoms. The van der Waals surface area contributed by atoms with E-state index in [2.05, 4.69) is 15.3 Å². The summed E-state index contributed by atoms with van der Waals surface area (Å²) in [5, 5.41) is 3.88. The number of alkyl carbamates (subject to hydrolysis) is 1. The number of fused-ring (bicyclic) bond motifs is 1. The van der Waals surface area contributed by atoms with Crippen LogP contribution in [0.2, 0.25) is 0 Å². The molecule has 0 saturated heterocycles. The number of benzene rings is 3. The van der Waals surface area contributed by atoms with Crippen molar-refractivity contribution in [2.24, 2.45) is 4.99 Å². The van der Waals surface area contributed by atoms with E-state index < -0.39 is 24.1 Å². The maximum Gasteiger partial charge on any atom is 0.408 e. The Bertz CT molecular complexity index is 1350. The van der Waals surface area contributed by atoms with E-state index >= 15 is 0 Å². The first-order chi connectivity index (χ1) is 17.2. The second-order valence-electron chi connectivity index (χ2n) is 8.42. The lowest BCUT2D eigenvalue weighted by molar-refractivity contribution is -0.135. The molecule has 7 nitrogen and oxygen atoms in total. The van der Waals surface area contributed by atoms with Crippen LogP contribution >= 0.6 is 0 Å². The Morgan fingerprint density at radius 2 is 1.66 bits per heavy atom. The van der Waals surface area contributed by atoms with Crippen molar-refractivity contribution in [3.63, 3.8) is 0 Å². The van der Waals surface area contributed by atoms with Gasteiger partial charge in [0.2, 0.25) is 5.90 Å². The van der Waals surface area contributed by atoms with E-state index in [1.807, 2.05) is 91.1 Å². The van der Waals surface area contributed by atoms with E-state index in [9.17, 15) is 9.59 Å². The molecule has 0 saturated carbocycles. The number of rotatable bonds is 8. The summed E-state index contributed by atoms with van der Waals surface area (Å²) in [5.74, 6) is -0.233. The highest BCUT2D eigenvalue weighted by atomic mass is 16.6. The van der Waals surface area contributed by atoms with E-state index in [0.717, 1.165) is 27.6 Å². The van der Waals surface area contributed by atoms with Crippen LogP contribution in [0.5, 0.6) is 0 Å². The van der Waals surface area contributed by atoms with Crippen LogP contribution in [0.3, 0.4) is 0 Å². The Balaban J connectivity index is 1.32. The summed E-state index contributed by atoms with van der Waals surface area (Å²) in [4.78, 5) is 33.1. The monoisotopic (exact) mass is 467 g/mol. The third kappa shape index (κ3) is 5.41. The molecule has 0 radical (unpaired) electrons. The van der Waals surface area contributed by atoms with Crippen molar-refractivity contribution in [1.29, 1.82) is 0 Å². The van der Waals surface area contributed by atoms with Gasteiger partial charge in [-0.1, -0.05) is 78.9 Å². The molecule has 2 N–H and O–H groups in total. The zero-order valence-electron chi connectivity index (χ0n) is 19.0. The summed E-state index contributed by atoms with van der Waals surface area (Å²) in [7, 11) is 0. The van der Waals surface area contributed by atoms with Gasteiger partial charge in [0.15, 0.2) is 6.04 Å². The van der Waals surface area contributed by atoms with Crippen LogP contribution in [0, 0.1) is 0 Å². The van der Waals surface area contributed by atoms with Crippen molar-refractivity contribution in [2.75, 3.05) is 0 Å². The molecule has 3 aromatic carbocycles. The molecular formula is C28H25N3O4. The first-order valence-electron chi connectivity index (χ1n) is 11.5. The number of carbonyl (C=O) groups excluding carboxylic acids is 2. The molecule has 0 fully saturated rings. The molecular weight excluding hydrogens is 442 g/mol. The van der Waals surface area contributed by atoms with Crippen LogP contribution in [0.1, 0.15) is 16.7 Å². The molecule has 35 heavy (non-hydrogen) atoms. The number of aromatic nitrogens is 1. The molecule has 0 aliphatic carbocycles. The summed E-state index contributed by atoms with van der Waals surface area (Å²) >= 11 is 0. The first kappa shape index (κ1) is 22.4. The van der Waals surface area contributed by atoms with E-state index in [-0.39, 0.29) is 12.5 Å². The number of esters is 1. The number of nitrogens with zero attached hydrogens (tertiary/aromatic N) is 1. The van der Waals surface area contributed by atoms with Crippen molar-refractivity contribution in [2.45, 2.75) is 31.5 Å². The van der Waals surface area contributed by atoms with Gasteiger partial charge >= 0.3 is 12.1 Å². The van der Waals surface area contributed by atoms with Gasteiger partial charge in [0.1, 0.15) is 12.6 Å². The van der Waals surface area contributed by atoms with Gasteiger partial charge in [-0.05, 0) is 22.8 Å². The largest absolute Gasteiger partial charge is 0.445 e. The maximum atomic E-state index is 12.7. The number of H-pyrrole nitrogens is 1. The lowest BCUT2D eigenvalue weighted by Gasteiger charge is -2.18. The number of hydrogen-bond donors (Lipinski definition) is 2. The van der Waals surface area contributed by atoms with Crippen molar-refractivity contribution >= 4 is 28.9 Å². The molecule has 4 aromatic rings. The van der Waals surface area contributed by atoms with Gasteiger partial charge < -0.3 is 19.8 Å². The molecule has 0 spiro atoms. The quantitative estimate of drug-likeness (QED) is 0.371. The Hall–Kier alpha value is -4.39. The summed E-state index contributed by atoms with van der Waals surface area (Å²) in [6.45, 7) is 0.139. The number of aromatic amines is 1. The predicted molar refractivity (Wildman–Crippen MR) is 133 cm³/mol. The van der Waals surface area contributed by atoms with Gasteiger partial charge in [-0.25, -0.2) is 14.6 Å². The fourth-order valence-electron chi connectivity index (χ4n) is 4.16. The molecule has 7 heteroatoms. The molecule has 176 valence electrons. The predicted octanol–water partition coefficient (Wildman–Crippen LogP) is 4.57. The minimum absolute atomic E-state index is 0.139. The van der Waals surface area contributed by atoms with Crippen LogP contribution in [0.4, 0.5) is 4.79 Å². The number of carbonyl (C=O) groups is 2. The normalized spacial score (nSPS) is 15.9. The van der Waals surface area contributed by atoms with Crippen LogP contribution in [0.25, 0.3) is 10.9 Å². The fraction of sp³-hybridized carbons (Fsp3) is 0.179. The standard InChI is InChI=1S/C28H25N3O4/c32-27-25(16-21-17-29-23-14-8-7-13-22(21)23)30-26(35-27)24(15-19-9-3-1-4-10-19)31-28(33)34-18-20-11-5-2-6-12-20/h1-14,17,24-25,29H,15-16,18H2,(H,31,33). The molecule has 2 atom stereocenters. The van der Waals surface area contributed by atoms with Crippen LogP contribution < -0.4 is 5.32 Å². The lowest BCUT2D eigenvalue weighted by Crippen LogP contribution is -2.43. The third-order valence-electron chi connectivity index (χ3n) is 5.93. The summed E-state index contributed by atoms with van der Waals surface area (Å²) in [6.07, 6.45) is 2.11. The number of amides is 1. The lowest BCUT2D eigenvalue weighted by atomic mass is 10.1. The van der Waals surface area contributed by atoms with E-state index in [1.165, 1.54) is 0 Å². The van der Waals surface area contributed by atoms with Crippen molar-refractivity contribution in [1.82, 2.24) is 10.3 Å².